The van der Waals surface area contributed by atoms with Gasteiger partial charge in [-0.05, 0) is 25.4 Å². The Kier molecular flexibility index (Phi) is 4.93. The molecule has 0 aromatic carbocycles. The fraction of sp³-hybridized carbons (Fsp3) is 0.692. The maximum absolute atomic E-state index is 12.0. The summed E-state index contributed by atoms with van der Waals surface area (Å²) < 4.78 is 6.57. The van der Waals surface area contributed by atoms with Crippen LogP contribution >= 0.6 is 0 Å². The lowest BCUT2D eigenvalue weighted by Gasteiger charge is -2.27. The summed E-state index contributed by atoms with van der Waals surface area (Å²) in [7, 11) is 3.60. The number of methoxy groups -OCH3 is 1. The number of likely N-dealkylation sites (N-methyl/N-ethyl adjacent to an activating group) is 1. The minimum atomic E-state index is -0.0333. The van der Waals surface area contributed by atoms with Crippen LogP contribution in [-0.2, 0) is 11.3 Å². The van der Waals surface area contributed by atoms with Gasteiger partial charge < -0.3 is 15.0 Å². The molecule has 1 saturated heterocycles. The molecule has 0 saturated carbocycles. The van der Waals surface area contributed by atoms with Gasteiger partial charge >= 0.3 is 0 Å². The van der Waals surface area contributed by atoms with E-state index >= 15 is 0 Å². The Labute approximate surface area is 113 Å². The normalized spacial score (nSPS) is 15.3. The number of aryl methyl sites for hydroxylation is 1. The fourth-order valence-corrected chi connectivity index (χ4v) is 2.02. The van der Waals surface area contributed by atoms with Gasteiger partial charge in [0.25, 0.3) is 5.56 Å². The molecular formula is C13H22N4O2. The Morgan fingerprint density at radius 2 is 2.37 bits per heavy atom. The highest BCUT2D eigenvalue weighted by Gasteiger charge is 2.16. The molecule has 0 aliphatic carbocycles. The third-order valence-electron chi connectivity index (χ3n) is 3.54. The number of anilines is 1. The predicted molar refractivity (Wildman–Crippen MR) is 74.6 cm³/mol. The molecule has 19 heavy (non-hydrogen) atoms. The van der Waals surface area contributed by atoms with Crippen LogP contribution in [0.2, 0.25) is 0 Å². The van der Waals surface area contributed by atoms with Crippen molar-refractivity contribution in [3.8, 4) is 0 Å². The molecule has 1 aromatic heterocycles. The Morgan fingerprint density at radius 1 is 1.58 bits per heavy atom. The van der Waals surface area contributed by atoms with Gasteiger partial charge in [0.1, 0.15) is 0 Å². The average molecular weight is 266 g/mol. The van der Waals surface area contributed by atoms with E-state index < -0.39 is 0 Å². The first-order valence-electron chi connectivity index (χ1n) is 6.68. The fourth-order valence-electron chi connectivity index (χ4n) is 2.02. The highest BCUT2D eigenvalue weighted by molar-refractivity contribution is 5.41. The van der Waals surface area contributed by atoms with Crippen LogP contribution < -0.4 is 15.8 Å². The molecule has 1 fully saturated rings. The summed E-state index contributed by atoms with van der Waals surface area (Å²) in [4.78, 5) is 13.9. The van der Waals surface area contributed by atoms with E-state index in [1.165, 1.54) is 0 Å². The Bertz CT molecular complexity index is 456. The van der Waals surface area contributed by atoms with Crippen LogP contribution in [0.15, 0.2) is 17.1 Å². The Balaban J connectivity index is 1.93. The van der Waals surface area contributed by atoms with Crippen LogP contribution in [0.25, 0.3) is 0 Å². The van der Waals surface area contributed by atoms with Crippen LogP contribution in [0.4, 0.5) is 5.69 Å². The van der Waals surface area contributed by atoms with Crippen molar-refractivity contribution in [3.05, 3.63) is 22.6 Å². The van der Waals surface area contributed by atoms with E-state index in [9.17, 15) is 4.79 Å². The van der Waals surface area contributed by atoms with Gasteiger partial charge in [-0.3, -0.25) is 4.79 Å². The molecule has 0 bridgehead atoms. The molecule has 6 heteroatoms. The minimum Gasteiger partial charge on any atom is -0.383 e. The first kappa shape index (κ1) is 14.0. The number of nitrogens with zero attached hydrogens (tertiary/aromatic N) is 3. The quantitative estimate of drug-likeness (QED) is 0.749. The summed E-state index contributed by atoms with van der Waals surface area (Å²) >= 11 is 0. The molecule has 0 unspecified atom stereocenters. The zero-order valence-corrected chi connectivity index (χ0v) is 11.6. The van der Waals surface area contributed by atoms with Gasteiger partial charge in [0.15, 0.2) is 0 Å². The Morgan fingerprint density at radius 3 is 2.95 bits per heavy atom. The van der Waals surface area contributed by atoms with Crippen molar-refractivity contribution < 1.29 is 4.74 Å². The number of aromatic nitrogens is 2. The zero-order chi connectivity index (χ0) is 13.7. The van der Waals surface area contributed by atoms with Crippen molar-refractivity contribution in [1.29, 1.82) is 0 Å². The van der Waals surface area contributed by atoms with Gasteiger partial charge in [-0.15, -0.1) is 0 Å². The van der Waals surface area contributed by atoms with Gasteiger partial charge in [0.2, 0.25) is 0 Å². The van der Waals surface area contributed by atoms with Crippen molar-refractivity contribution in [1.82, 2.24) is 15.1 Å². The minimum absolute atomic E-state index is 0.0333. The number of ether oxygens (including phenoxy) is 1. The first-order chi connectivity index (χ1) is 9.20. The molecule has 6 nitrogen and oxygen atoms in total. The monoisotopic (exact) mass is 266 g/mol. The summed E-state index contributed by atoms with van der Waals surface area (Å²) in [6, 6.07) is 1.64. The van der Waals surface area contributed by atoms with Crippen LogP contribution in [0.3, 0.4) is 0 Å². The van der Waals surface area contributed by atoms with E-state index in [0.29, 0.717) is 19.1 Å². The zero-order valence-electron chi connectivity index (χ0n) is 11.6. The molecule has 0 radical (unpaired) electrons. The van der Waals surface area contributed by atoms with E-state index in [0.717, 1.165) is 31.7 Å². The number of nitrogens with one attached hydrogen (secondary N) is 1. The van der Waals surface area contributed by atoms with Gasteiger partial charge in [0.05, 0.1) is 18.5 Å². The van der Waals surface area contributed by atoms with Gasteiger partial charge in [-0.1, -0.05) is 0 Å². The summed E-state index contributed by atoms with van der Waals surface area (Å²) in [5.41, 5.74) is 0.803. The highest BCUT2D eigenvalue weighted by atomic mass is 16.5. The van der Waals surface area contributed by atoms with Gasteiger partial charge in [0, 0.05) is 33.3 Å². The average Bonchev–Trinajstić information content (AvgIpc) is 2.35. The molecule has 1 N–H and O–H groups in total. The van der Waals surface area contributed by atoms with Crippen LogP contribution in [0, 0.1) is 5.92 Å². The maximum atomic E-state index is 12.0. The van der Waals surface area contributed by atoms with Crippen LogP contribution in [0.1, 0.15) is 6.42 Å². The van der Waals surface area contributed by atoms with Crippen molar-refractivity contribution in [2.24, 2.45) is 5.92 Å². The van der Waals surface area contributed by atoms with Crippen molar-refractivity contribution in [2.75, 3.05) is 45.3 Å². The van der Waals surface area contributed by atoms with E-state index in [1.54, 1.807) is 24.1 Å². The molecule has 0 amide bonds. The second-order valence-corrected chi connectivity index (χ2v) is 5.00. The van der Waals surface area contributed by atoms with E-state index in [2.05, 4.69) is 10.4 Å². The molecule has 2 rings (SSSR count). The van der Waals surface area contributed by atoms with Crippen molar-refractivity contribution in [2.45, 2.75) is 13.0 Å². The van der Waals surface area contributed by atoms with Crippen molar-refractivity contribution >= 4 is 5.69 Å². The third kappa shape index (κ3) is 3.78. The Hall–Kier alpha value is -1.40. The van der Waals surface area contributed by atoms with Gasteiger partial charge in [-0.25, -0.2) is 4.68 Å². The first-order valence-corrected chi connectivity index (χ1v) is 6.68. The topological polar surface area (TPSA) is 59.4 Å². The highest BCUT2D eigenvalue weighted by Crippen LogP contribution is 2.10. The summed E-state index contributed by atoms with van der Waals surface area (Å²) in [6.45, 7) is 4.20. The van der Waals surface area contributed by atoms with Crippen LogP contribution in [-0.4, -0.2) is 50.2 Å². The lowest BCUT2D eigenvalue weighted by molar-refractivity contribution is 0.206. The smallest absolute Gasteiger partial charge is 0.268 e. The maximum Gasteiger partial charge on any atom is 0.268 e. The second-order valence-electron chi connectivity index (χ2n) is 5.00. The molecular weight excluding hydrogens is 244 g/mol. The number of hydrogen-bond donors (Lipinski definition) is 1. The van der Waals surface area contributed by atoms with E-state index in [1.807, 2.05) is 11.9 Å². The molecule has 2 heterocycles. The molecule has 1 aromatic rings. The number of hydrogen-bond acceptors (Lipinski definition) is 5. The lowest BCUT2D eigenvalue weighted by Crippen LogP contribution is -2.42. The summed E-state index contributed by atoms with van der Waals surface area (Å²) in [6.07, 6.45) is 2.76. The summed E-state index contributed by atoms with van der Waals surface area (Å²) in [5, 5.41) is 7.47. The largest absolute Gasteiger partial charge is 0.383 e. The molecule has 1 aliphatic rings. The molecule has 1 aliphatic heterocycles. The molecule has 0 atom stereocenters. The SMILES string of the molecule is COCCN(C)c1cnn(CCC2CNC2)c(=O)c1. The standard InChI is InChI=1S/C13H22N4O2/c1-16(5-6-19-2)12-7-13(18)17(15-10-12)4-3-11-8-14-9-11/h7,10-11,14H,3-6,8-9H2,1-2H3. The molecule has 0 spiro atoms. The lowest BCUT2D eigenvalue weighted by atomic mass is 10.00. The third-order valence-corrected chi connectivity index (χ3v) is 3.54. The molecule has 106 valence electrons. The predicted octanol–water partition coefficient (Wildman–Crippen LogP) is -0.0646. The summed E-state index contributed by atoms with van der Waals surface area (Å²) in [5.74, 6) is 0.692. The van der Waals surface area contributed by atoms with E-state index in [4.69, 9.17) is 4.74 Å². The van der Waals surface area contributed by atoms with E-state index in [-0.39, 0.29) is 5.56 Å². The van der Waals surface area contributed by atoms with Crippen molar-refractivity contribution in [3.63, 3.8) is 0 Å². The second kappa shape index (κ2) is 6.68. The van der Waals surface area contributed by atoms with Crippen LogP contribution in [0.5, 0.6) is 0 Å². The number of rotatable bonds is 7. The van der Waals surface area contributed by atoms with Gasteiger partial charge in [-0.2, -0.15) is 5.10 Å².